The fraction of sp³-hybridized carbons (Fsp3) is 0.438. The number of nitrogens with zero attached hydrogens (tertiary/aromatic N) is 1. The van der Waals surface area contributed by atoms with Crippen LogP contribution in [0.3, 0.4) is 0 Å². The maximum atomic E-state index is 9.80. The normalized spacial score (nSPS) is 12.8. The maximum Gasteiger partial charge on any atom is 0.107 e. The van der Waals surface area contributed by atoms with Gasteiger partial charge in [-0.2, -0.15) is 0 Å². The van der Waals surface area contributed by atoms with Gasteiger partial charge in [0.05, 0.1) is 11.8 Å². The number of aliphatic hydroxyl groups is 1. The summed E-state index contributed by atoms with van der Waals surface area (Å²) in [7, 11) is 0. The van der Waals surface area contributed by atoms with Crippen LogP contribution < -0.4 is 5.32 Å². The van der Waals surface area contributed by atoms with Gasteiger partial charge >= 0.3 is 0 Å². The lowest BCUT2D eigenvalue weighted by atomic mass is 10.1. The number of thiazole rings is 1. The Labute approximate surface area is 124 Å². The summed E-state index contributed by atoms with van der Waals surface area (Å²) in [6, 6.07) is 10.2. The molecular weight excluding hydrogens is 268 g/mol. The van der Waals surface area contributed by atoms with Crippen molar-refractivity contribution < 1.29 is 5.11 Å². The van der Waals surface area contributed by atoms with Crippen molar-refractivity contribution in [3.63, 3.8) is 0 Å². The van der Waals surface area contributed by atoms with Crippen LogP contribution in [-0.2, 0) is 6.54 Å². The highest BCUT2D eigenvalue weighted by Crippen LogP contribution is 2.21. The third kappa shape index (κ3) is 4.71. The summed E-state index contributed by atoms with van der Waals surface area (Å²) in [5, 5.41) is 16.2. The number of hydrogen-bond donors (Lipinski definition) is 2. The zero-order valence-electron chi connectivity index (χ0n) is 12.0. The van der Waals surface area contributed by atoms with Gasteiger partial charge in [0, 0.05) is 24.0 Å². The molecule has 2 aromatic rings. The topological polar surface area (TPSA) is 45.1 Å². The van der Waals surface area contributed by atoms with Gasteiger partial charge in [-0.25, -0.2) is 4.98 Å². The Morgan fingerprint density at radius 1 is 1.25 bits per heavy atom. The molecule has 1 unspecified atom stereocenters. The molecule has 0 fully saturated rings. The smallest absolute Gasteiger partial charge is 0.107 e. The number of hydrogen-bond acceptors (Lipinski definition) is 4. The molecule has 0 aliphatic heterocycles. The minimum Gasteiger partial charge on any atom is -0.392 e. The fourth-order valence-corrected chi connectivity index (χ4v) is 2.88. The van der Waals surface area contributed by atoms with E-state index in [0.717, 1.165) is 22.7 Å². The Bertz CT molecular complexity index is 510. The highest BCUT2D eigenvalue weighted by atomic mass is 32.1. The zero-order valence-corrected chi connectivity index (χ0v) is 12.9. The average molecular weight is 290 g/mol. The molecule has 2 rings (SSSR count). The van der Waals surface area contributed by atoms with Gasteiger partial charge in [-0.15, -0.1) is 11.3 Å². The molecule has 4 heteroatoms. The van der Waals surface area contributed by atoms with Crippen LogP contribution in [0, 0.1) is 5.92 Å². The predicted octanol–water partition coefficient (Wildman–Crippen LogP) is 3.31. The van der Waals surface area contributed by atoms with E-state index in [2.05, 4.69) is 41.7 Å². The van der Waals surface area contributed by atoms with E-state index in [1.165, 1.54) is 0 Å². The van der Waals surface area contributed by atoms with E-state index in [1.54, 1.807) is 11.3 Å². The fourth-order valence-electron chi connectivity index (χ4n) is 2.11. The second kappa shape index (κ2) is 7.53. The molecule has 0 aliphatic rings. The van der Waals surface area contributed by atoms with Crippen LogP contribution in [0.5, 0.6) is 0 Å². The van der Waals surface area contributed by atoms with Crippen LogP contribution >= 0.6 is 11.3 Å². The monoisotopic (exact) mass is 290 g/mol. The molecule has 1 aromatic carbocycles. The molecule has 0 radical (unpaired) electrons. The summed E-state index contributed by atoms with van der Waals surface area (Å²) >= 11 is 1.65. The molecule has 0 saturated carbocycles. The van der Waals surface area contributed by atoms with Gasteiger partial charge in [0.15, 0.2) is 0 Å². The predicted molar refractivity (Wildman–Crippen MR) is 84.7 cm³/mol. The van der Waals surface area contributed by atoms with E-state index >= 15 is 0 Å². The Morgan fingerprint density at radius 3 is 2.70 bits per heavy atom. The van der Waals surface area contributed by atoms with E-state index in [0.29, 0.717) is 19.0 Å². The lowest BCUT2D eigenvalue weighted by molar-refractivity contribution is 0.146. The van der Waals surface area contributed by atoms with Crippen LogP contribution in [0.1, 0.15) is 25.3 Å². The van der Waals surface area contributed by atoms with Gasteiger partial charge in [0.2, 0.25) is 0 Å². The number of aliphatic hydroxyl groups excluding tert-OH is 1. The van der Waals surface area contributed by atoms with Crippen molar-refractivity contribution in [2.24, 2.45) is 5.92 Å². The molecule has 0 saturated heterocycles. The first-order valence-electron chi connectivity index (χ1n) is 7.03. The Hall–Kier alpha value is -1.23. The number of aromatic nitrogens is 1. The summed E-state index contributed by atoms with van der Waals surface area (Å²) in [6.07, 6.45) is 0.559. The van der Waals surface area contributed by atoms with E-state index in [1.807, 2.05) is 18.2 Å². The van der Waals surface area contributed by atoms with Gasteiger partial charge in [-0.1, -0.05) is 44.2 Å². The van der Waals surface area contributed by atoms with Gasteiger partial charge in [-0.3, -0.25) is 0 Å². The van der Waals surface area contributed by atoms with Gasteiger partial charge in [0.25, 0.3) is 0 Å². The highest BCUT2D eigenvalue weighted by Gasteiger charge is 2.08. The van der Waals surface area contributed by atoms with Crippen LogP contribution in [-0.4, -0.2) is 22.7 Å². The lowest BCUT2D eigenvalue weighted by Crippen LogP contribution is -2.27. The first-order valence-corrected chi connectivity index (χ1v) is 7.91. The third-order valence-electron chi connectivity index (χ3n) is 3.02. The maximum absolute atomic E-state index is 9.80. The van der Waals surface area contributed by atoms with Crippen molar-refractivity contribution in [3.8, 4) is 11.3 Å². The molecule has 2 N–H and O–H groups in total. The molecule has 108 valence electrons. The molecular formula is C16H22N2OS. The van der Waals surface area contributed by atoms with Crippen LogP contribution in [0.2, 0.25) is 0 Å². The summed E-state index contributed by atoms with van der Waals surface area (Å²) in [4.78, 5) is 4.61. The summed E-state index contributed by atoms with van der Waals surface area (Å²) in [5.41, 5.74) is 2.17. The van der Waals surface area contributed by atoms with Crippen molar-refractivity contribution in [3.05, 3.63) is 40.7 Å². The van der Waals surface area contributed by atoms with Crippen molar-refractivity contribution in [1.29, 1.82) is 0 Å². The van der Waals surface area contributed by atoms with Crippen molar-refractivity contribution in [1.82, 2.24) is 10.3 Å². The van der Waals surface area contributed by atoms with Gasteiger partial charge in [0.1, 0.15) is 5.01 Å². The minimum absolute atomic E-state index is 0.274. The molecule has 1 atom stereocenters. The van der Waals surface area contributed by atoms with Gasteiger partial charge < -0.3 is 10.4 Å². The van der Waals surface area contributed by atoms with Crippen molar-refractivity contribution >= 4 is 11.3 Å². The second-order valence-corrected chi connectivity index (χ2v) is 6.35. The highest BCUT2D eigenvalue weighted by molar-refractivity contribution is 7.09. The van der Waals surface area contributed by atoms with Crippen LogP contribution in [0.15, 0.2) is 35.7 Å². The molecule has 0 bridgehead atoms. The molecule has 1 aromatic heterocycles. The van der Waals surface area contributed by atoms with Crippen molar-refractivity contribution in [2.45, 2.75) is 32.9 Å². The van der Waals surface area contributed by atoms with Crippen LogP contribution in [0.25, 0.3) is 11.3 Å². The quantitative estimate of drug-likeness (QED) is 0.822. The molecule has 0 spiro atoms. The van der Waals surface area contributed by atoms with Crippen molar-refractivity contribution in [2.75, 3.05) is 6.54 Å². The van der Waals surface area contributed by atoms with E-state index in [9.17, 15) is 5.11 Å². The van der Waals surface area contributed by atoms with Crippen LogP contribution in [0.4, 0.5) is 0 Å². The lowest BCUT2D eigenvalue weighted by Gasteiger charge is -2.13. The minimum atomic E-state index is -0.274. The standard InChI is InChI=1S/C16H22N2OS/c1-12(2)8-14(19)9-17-10-16-18-15(11-20-16)13-6-4-3-5-7-13/h3-7,11-12,14,17,19H,8-10H2,1-2H3. The summed E-state index contributed by atoms with van der Waals surface area (Å²) < 4.78 is 0. The largest absolute Gasteiger partial charge is 0.392 e. The average Bonchev–Trinajstić information content (AvgIpc) is 2.88. The van der Waals surface area contributed by atoms with E-state index in [-0.39, 0.29) is 6.10 Å². The van der Waals surface area contributed by atoms with E-state index in [4.69, 9.17) is 0 Å². The molecule has 3 nitrogen and oxygen atoms in total. The third-order valence-corrected chi connectivity index (χ3v) is 3.87. The second-order valence-electron chi connectivity index (χ2n) is 5.41. The zero-order chi connectivity index (χ0) is 14.4. The summed E-state index contributed by atoms with van der Waals surface area (Å²) in [6.45, 7) is 5.58. The summed E-state index contributed by atoms with van der Waals surface area (Å²) in [5.74, 6) is 0.524. The Kier molecular flexibility index (Phi) is 5.71. The first-order chi connectivity index (χ1) is 9.65. The molecule has 0 amide bonds. The Balaban J connectivity index is 1.82. The number of rotatable bonds is 7. The SMILES string of the molecule is CC(C)CC(O)CNCc1nc(-c2ccccc2)cs1. The Morgan fingerprint density at radius 2 is 2.00 bits per heavy atom. The molecule has 20 heavy (non-hydrogen) atoms. The first kappa shape index (κ1) is 15.2. The number of benzene rings is 1. The molecule has 0 aliphatic carbocycles. The number of nitrogens with one attached hydrogen (secondary N) is 1. The van der Waals surface area contributed by atoms with Gasteiger partial charge in [-0.05, 0) is 12.3 Å². The van der Waals surface area contributed by atoms with E-state index < -0.39 is 0 Å². The molecule has 1 heterocycles.